The molecule has 0 unspecified atom stereocenters. The molecule has 17 heavy (non-hydrogen) atoms. The number of benzene rings is 1. The summed E-state index contributed by atoms with van der Waals surface area (Å²) in [5.74, 6) is 1.23. The van der Waals surface area contributed by atoms with Gasteiger partial charge in [-0.05, 0) is 31.3 Å². The Morgan fingerprint density at radius 2 is 1.88 bits per heavy atom. The van der Waals surface area contributed by atoms with Crippen molar-refractivity contribution >= 4 is 5.91 Å². The Morgan fingerprint density at radius 3 is 2.41 bits per heavy atom. The molecule has 2 N–H and O–H groups in total. The zero-order valence-corrected chi connectivity index (χ0v) is 10.2. The van der Waals surface area contributed by atoms with E-state index in [0.29, 0.717) is 13.2 Å². The first-order chi connectivity index (χ1) is 8.11. The lowest BCUT2D eigenvalue weighted by Crippen LogP contribution is -2.33. The number of rotatable bonds is 7. The van der Waals surface area contributed by atoms with Crippen molar-refractivity contribution in [2.75, 3.05) is 33.9 Å². The molecule has 0 saturated carbocycles. The Kier molecular flexibility index (Phi) is 5.29. The quantitative estimate of drug-likeness (QED) is 0.751. The lowest BCUT2D eigenvalue weighted by molar-refractivity contribution is -0.118. The molecular formula is C12H18N2O3. The molecule has 5 nitrogen and oxygen atoms in total. The Bertz CT molecular complexity index is 351. The van der Waals surface area contributed by atoms with Crippen molar-refractivity contribution in [1.82, 2.24) is 4.90 Å². The van der Waals surface area contributed by atoms with Crippen LogP contribution in [0.3, 0.4) is 0 Å². The van der Waals surface area contributed by atoms with E-state index in [1.54, 1.807) is 7.11 Å². The maximum absolute atomic E-state index is 10.6. The number of carbonyl (C=O) groups is 1. The number of ether oxygens (including phenoxy) is 2. The number of carbonyl (C=O) groups excluding carboxylic acids is 1. The van der Waals surface area contributed by atoms with Gasteiger partial charge in [0, 0.05) is 6.54 Å². The SMILES string of the molecule is COc1ccc(OCCN(C)CC(N)=O)cc1. The molecule has 0 aromatic heterocycles. The van der Waals surface area contributed by atoms with Crippen LogP contribution in [0.2, 0.25) is 0 Å². The minimum absolute atomic E-state index is 0.242. The van der Waals surface area contributed by atoms with Gasteiger partial charge in [-0.1, -0.05) is 0 Å². The average molecular weight is 238 g/mol. The summed E-state index contributed by atoms with van der Waals surface area (Å²) < 4.78 is 10.5. The molecule has 1 aromatic rings. The number of hydrogen-bond acceptors (Lipinski definition) is 4. The number of amides is 1. The van der Waals surface area contributed by atoms with E-state index in [1.165, 1.54) is 0 Å². The standard InChI is InChI=1S/C12H18N2O3/c1-14(9-12(13)15)7-8-17-11-5-3-10(16-2)4-6-11/h3-6H,7-9H2,1-2H3,(H2,13,15). The molecule has 0 atom stereocenters. The number of likely N-dealkylation sites (N-methyl/N-ethyl adjacent to an activating group) is 1. The Hall–Kier alpha value is -1.75. The van der Waals surface area contributed by atoms with E-state index in [0.717, 1.165) is 11.5 Å². The maximum Gasteiger partial charge on any atom is 0.231 e. The Balaban J connectivity index is 2.28. The van der Waals surface area contributed by atoms with Gasteiger partial charge in [-0.15, -0.1) is 0 Å². The van der Waals surface area contributed by atoms with Crippen LogP contribution in [0.4, 0.5) is 0 Å². The maximum atomic E-state index is 10.6. The fourth-order valence-electron chi connectivity index (χ4n) is 1.34. The third-order valence-electron chi connectivity index (χ3n) is 2.23. The van der Waals surface area contributed by atoms with E-state index in [4.69, 9.17) is 15.2 Å². The van der Waals surface area contributed by atoms with Crippen molar-refractivity contribution in [3.8, 4) is 11.5 Å². The van der Waals surface area contributed by atoms with Gasteiger partial charge in [0.05, 0.1) is 13.7 Å². The van der Waals surface area contributed by atoms with Gasteiger partial charge in [0.15, 0.2) is 0 Å². The van der Waals surface area contributed by atoms with Crippen LogP contribution in [-0.2, 0) is 4.79 Å². The fourth-order valence-corrected chi connectivity index (χ4v) is 1.34. The summed E-state index contributed by atoms with van der Waals surface area (Å²) in [4.78, 5) is 12.5. The second kappa shape index (κ2) is 6.75. The first kappa shape index (κ1) is 13.3. The number of nitrogens with zero attached hydrogens (tertiary/aromatic N) is 1. The smallest absolute Gasteiger partial charge is 0.231 e. The Labute approximate surface area is 101 Å². The summed E-state index contributed by atoms with van der Waals surface area (Å²) in [5.41, 5.74) is 5.07. The van der Waals surface area contributed by atoms with Crippen molar-refractivity contribution in [2.45, 2.75) is 0 Å². The highest BCUT2D eigenvalue weighted by atomic mass is 16.5. The van der Waals surface area contributed by atoms with Gasteiger partial charge in [-0.25, -0.2) is 0 Å². The third kappa shape index (κ3) is 5.21. The topological polar surface area (TPSA) is 64.8 Å². The number of nitrogens with two attached hydrogens (primary N) is 1. The molecule has 5 heteroatoms. The number of hydrogen-bond donors (Lipinski definition) is 1. The van der Waals surface area contributed by atoms with Crippen LogP contribution in [0.5, 0.6) is 11.5 Å². The molecule has 0 aliphatic carbocycles. The summed E-state index contributed by atoms with van der Waals surface area (Å²) in [7, 11) is 3.44. The largest absolute Gasteiger partial charge is 0.497 e. The number of methoxy groups -OCH3 is 1. The highest BCUT2D eigenvalue weighted by Gasteiger charge is 2.02. The third-order valence-corrected chi connectivity index (χ3v) is 2.23. The molecule has 1 amide bonds. The van der Waals surface area contributed by atoms with Gasteiger partial charge in [0.2, 0.25) is 5.91 Å². The van der Waals surface area contributed by atoms with E-state index in [1.807, 2.05) is 36.2 Å². The summed E-state index contributed by atoms with van der Waals surface area (Å²) in [6.45, 7) is 1.40. The summed E-state index contributed by atoms with van der Waals surface area (Å²) >= 11 is 0. The number of primary amides is 1. The zero-order chi connectivity index (χ0) is 12.7. The first-order valence-corrected chi connectivity index (χ1v) is 5.35. The molecule has 0 fully saturated rings. The average Bonchev–Trinajstić information content (AvgIpc) is 2.29. The molecule has 1 rings (SSSR count). The van der Waals surface area contributed by atoms with E-state index in [-0.39, 0.29) is 12.5 Å². The molecule has 0 bridgehead atoms. The van der Waals surface area contributed by atoms with Crippen molar-refractivity contribution in [3.63, 3.8) is 0 Å². The molecular weight excluding hydrogens is 220 g/mol. The van der Waals surface area contributed by atoms with Crippen LogP contribution in [0.15, 0.2) is 24.3 Å². The highest BCUT2D eigenvalue weighted by molar-refractivity contribution is 5.75. The van der Waals surface area contributed by atoms with E-state index in [2.05, 4.69) is 0 Å². The summed E-state index contributed by atoms with van der Waals surface area (Å²) in [5, 5.41) is 0. The van der Waals surface area contributed by atoms with Crippen LogP contribution < -0.4 is 15.2 Å². The lowest BCUT2D eigenvalue weighted by atomic mass is 10.3. The van der Waals surface area contributed by atoms with Gasteiger partial charge in [0.25, 0.3) is 0 Å². The second-order valence-electron chi connectivity index (χ2n) is 3.73. The predicted molar refractivity (Wildman–Crippen MR) is 65.2 cm³/mol. The van der Waals surface area contributed by atoms with Gasteiger partial charge in [0.1, 0.15) is 18.1 Å². The van der Waals surface area contributed by atoms with Crippen LogP contribution >= 0.6 is 0 Å². The van der Waals surface area contributed by atoms with E-state index >= 15 is 0 Å². The van der Waals surface area contributed by atoms with E-state index in [9.17, 15) is 4.79 Å². The van der Waals surface area contributed by atoms with Crippen LogP contribution in [-0.4, -0.2) is 44.7 Å². The van der Waals surface area contributed by atoms with Gasteiger partial charge < -0.3 is 15.2 Å². The first-order valence-electron chi connectivity index (χ1n) is 5.35. The van der Waals surface area contributed by atoms with Crippen molar-refractivity contribution in [3.05, 3.63) is 24.3 Å². The second-order valence-corrected chi connectivity index (χ2v) is 3.73. The fraction of sp³-hybridized carbons (Fsp3) is 0.417. The van der Waals surface area contributed by atoms with Crippen LogP contribution in [0.25, 0.3) is 0 Å². The monoisotopic (exact) mass is 238 g/mol. The highest BCUT2D eigenvalue weighted by Crippen LogP contribution is 2.16. The molecule has 1 aromatic carbocycles. The molecule has 0 saturated heterocycles. The van der Waals surface area contributed by atoms with Gasteiger partial charge >= 0.3 is 0 Å². The summed E-state index contributed by atoms with van der Waals surface area (Å²) in [6, 6.07) is 7.35. The molecule has 0 aliphatic rings. The normalized spacial score (nSPS) is 10.3. The predicted octanol–water partition coefficient (Wildman–Crippen LogP) is 0.491. The van der Waals surface area contributed by atoms with Gasteiger partial charge in [-0.2, -0.15) is 0 Å². The van der Waals surface area contributed by atoms with E-state index < -0.39 is 0 Å². The summed E-state index contributed by atoms with van der Waals surface area (Å²) in [6.07, 6.45) is 0. The van der Waals surface area contributed by atoms with Gasteiger partial charge in [-0.3, -0.25) is 9.69 Å². The van der Waals surface area contributed by atoms with Crippen molar-refractivity contribution in [2.24, 2.45) is 5.73 Å². The van der Waals surface area contributed by atoms with Crippen LogP contribution in [0, 0.1) is 0 Å². The molecule has 0 aliphatic heterocycles. The molecule has 0 radical (unpaired) electrons. The molecule has 0 spiro atoms. The minimum Gasteiger partial charge on any atom is -0.497 e. The minimum atomic E-state index is -0.336. The zero-order valence-electron chi connectivity index (χ0n) is 10.2. The van der Waals surface area contributed by atoms with Crippen LogP contribution in [0.1, 0.15) is 0 Å². The molecule has 94 valence electrons. The lowest BCUT2D eigenvalue weighted by Gasteiger charge is -2.14. The van der Waals surface area contributed by atoms with Crippen molar-refractivity contribution < 1.29 is 14.3 Å². The van der Waals surface area contributed by atoms with Crippen molar-refractivity contribution in [1.29, 1.82) is 0 Å². The Morgan fingerprint density at radius 1 is 1.29 bits per heavy atom. The molecule has 0 heterocycles.